The zero-order valence-corrected chi connectivity index (χ0v) is 7.87. The summed E-state index contributed by atoms with van der Waals surface area (Å²) in [6.07, 6.45) is 4.08. The first kappa shape index (κ1) is 10.6. The lowest BCUT2D eigenvalue weighted by molar-refractivity contribution is 0.622. The smallest absolute Gasteiger partial charge is 0.103 e. The minimum Gasteiger partial charge on any atom is -0.330 e. The van der Waals surface area contributed by atoms with Gasteiger partial charge in [0.05, 0.1) is 0 Å². The van der Waals surface area contributed by atoms with E-state index in [9.17, 15) is 0 Å². The molecule has 0 aliphatic carbocycles. The molecule has 2 nitrogen and oxygen atoms in total. The fourth-order valence-corrected chi connectivity index (χ4v) is 1.02. The predicted molar refractivity (Wildman–Crippen MR) is 52.4 cm³/mol. The summed E-state index contributed by atoms with van der Waals surface area (Å²) in [6.45, 7) is 0.761. The summed E-state index contributed by atoms with van der Waals surface area (Å²) in [4.78, 5) is 0. The molecule has 0 aliphatic heterocycles. The van der Waals surface area contributed by atoms with Crippen LogP contribution < -0.4 is 11.5 Å². The number of unbranched alkanes of at least 4 members (excludes halogenated alkanes) is 2. The largest absolute Gasteiger partial charge is 0.330 e. The molecule has 62 valence electrons. The fourth-order valence-electron chi connectivity index (χ4n) is 0.706. The first-order valence-electron chi connectivity index (χ1n) is 3.50. The van der Waals surface area contributed by atoms with Gasteiger partial charge in [-0.1, -0.05) is 6.42 Å². The number of hydrogen-bond acceptors (Lipinski definition) is 4. The number of rotatable bonds is 5. The summed E-state index contributed by atoms with van der Waals surface area (Å²) >= 11 is 8.14. The van der Waals surface area contributed by atoms with Gasteiger partial charge in [-0.05, 0) is 25.8 Å². The van der Waals surface area contributed by atoms with Crippen molar-refractivity contribution in [1.82, 2.24) is 0 Å². The van der Waals surface area contributed by atoms with Crippen LogP contribution in [0.3, 0.4) is 0 Å². The Bertz CT molecular complexity index is 80.3. The summed E-state index contributed by atoms with van der Waals surface area (Å²) in [5, 5.41) is 0. The second-order valence-corrected chi connectivity index (χ2v) is 4.43. The molecule has 0 heterocycles. The average Bonchev–Trinajstić information content (AvgIpc) is 1.78. The van der Waals surface area contributed by atoms with Crippen LogP contribution in [0.2, 0.25) is 0 Å². The normalized spacial score (nSPS) is 12.0. The van der Waals surface area contributed by atoms with E-state index in [1.54, 1.807) is 0 Å². The van der Waals surface area contributed by atoms with Gasteiger partial charge in [0, 0.05) is 0 Å². The van der Waals surface area contributed by atoms with Crippen molar-refractivity contribution in [2.45, 2.75) is 29.9 Å². The van der Waals surface area contributed by atoms with Crippen LogP contribution in [0.25, 0.3) is 0 Å². The first-order valence-corrected chi connectivity index (χ1v) is 4.39. The lowest BCUT2D eigenvalue weighted by atomic mass is 10.2. The van der Waals surface area contributed by atoms with E-state index in [-0.39, 0.29) is 0 Å². The van der Waals surface area contributed by atoms with Gasteiger partial charge >= 0.3 is 0 Å². The lowest BCUT2D eigenvalue weighted by Crippen LogP contribution is -2.25. The van der Waals surface area contributed by atoms with Crippen LogP contribution in [0.15, 0.2) is 0 Å². The van der Waals surface area contributed by atoms with Crippen molar-refractivity contribution in [1.29, 1.82) is 0 Å². The molecular formula is C6H16N2S2. The molecule has 0 aromatic carbocycles. The molecule has 0 rings (SSSR count). The first-order chi connectivity index (χ1) is 4.56. The second-order valence-electron chi connectivity index (χ2n) is 2.48. The molecule has 0 amide bonds. The molecule has 0 radical (unpaired) electrons. The van der Waals surface area contributed by atoms with Gasteiger partial charge in [0.2, 0.25) is 0 Å². The molecule has 0 atom stereocenters. The van der Waals surface area contributed by atoms with Crippen molar-refractivity contribution in [2.75, 3.05) is 6.54 Å². The van der Waals surface area contributed by atoms with E-state index in [1.165, 1.54) is 0 Å². The van der Waals surface area contributed by atoms with E-state index in [4.69, 9.17) is 11.5 Å². The Morgan fingerprint density at radius 2 is 1.70 bits per heavy atom. The molecule has 0 aliphatic rings. The Kier molecular flexibility index (Phi) is 5.62. The third-order valence-corrected chi connectivity index (χ3v) is 1.70. The van der Waals surface area contributed by atoms with Gasteiger partial charge in [0.25, 0.3) is 0 Å². The Labute approximate surface area is 73.6 Å². The Morgan fingerprint density at radius 3 is 2.10 bits per heavy atom. The summed E-state index contributed by atoms with van der Waals surface area (Å²) in [5.74, 6) is 0. The summed E-state index contributed by atoms with van der Waals surface area (Å²) < 4.78 is -0.603. The van der Waals surface area contributed by atoms with Crippen molar-refractivity contribution in [3.8, 4) is 0 Å². The maximum atomic E-state index is 5.51. The molecule has 0 unspecified atom stereocenters. The summed E-state index contributed by atoms with van der Waals surface area (Å²) in [6, 6.07) is 0. The van der Waals surface area contributed by atoms with Crippen LogP contribution >= 0.6 is 25.3 Å². The molecule has 4 heteroatoms. The van der Waals surface area contributed by atoms with Crippen LogP contribution in [0, 0.1) is 0 Å². The van der Waals surface area contributed by atoms with Crippen LogP contribution in [-0.4, -0.2) is 10.7 Å². The van der Waals surface area contributed by atoms with Crippen LogP contribution in [0.1, 0.15) is 25.7 Å². The Morgan fingerprint density at radius 1 is 1.10 bits per heavy atom. The van der Waals surface area contributed by atoms with Gasteiger partial charge < -0.3 is 11.5 Å². The molecule has 0 bridgehead atoms. The van der Waals surface area contributed by atoms with Gasteiger partial charge in [0.15, 0.2) is 0 Å². The Hall–Kier alpha value is 0.620. The molecule has 0 spiro atoms. The Balaban J connectivity index is 3.04. The fraction of sp³-hybridized carbons (Fsp3) is 1.00. The highest BCUT2D eigenvalue weighted by Crippen LogP contribution is 2.19. The summed E-state index contributed by atoms with van der Waals surface area (Å²) in [7, 11) is 0. The van der Waals surface area contributed by atoms with Gasteiger partial charge in [-0.15, -0.1) is 25.3 Å². The highest BCUT2D eigenvalue weighted by atomic mass is 32.2. The van der Waals surface area contributed by atoms with Crippen LogP contribution in [0.4, 0.5) is 0 Å². The van der Waals surface area contributed by atoms with Gasteiger partial charge in [0.1, 0.15) is 4.20 Å². The third kappa shape index (κ3) is 8.62. The van der Waals surface area contributed by atoms with E-state index in [0.717, 1.165) is 32.2 Å². The molecular weight excluding hydrogens is 164 g/mol. The molecule has 10 heavy (non-hydrogen) atoms. The molecule has 0 aromatic heterocycles. The molecule has 0 aromatic rings. The van der Waals surface area contributed by atoms with Crippen LogP contribution in [0.5, 0.6) is 0 Å². The minimum absolute atomic E-state index is 0.603. The van der Waals surface area contributed by atoms with E-state index in [0.29, 0.717) is 0 Å². The topological polar surface area (TPSA) is 52.0 Å². The van der Waals surface area contributed by atoms with Crippen molar-refractivity contribution >= 4 is 25.3 Å². The maximum Gasteiger partial charge on any atom is 0.103 e. The predicted octanol–water partition coefficient (Wildman–Crippen LogP) is 0.978. The minimum atomic E-state index is -0.603. The van der Waals surface area contributed by atoms with E-state index < -0.39 is 4.20 Å². The van der Waals surface area contributed by atoms with Crippen molar-refractivity contribution in [2.24, 2.45) is 11.5 Å². The number of thiol groups is 2. The standard InChI is InChI=1S/C6H16N2S2/c7-5-3-1-2-4-6(8,9)10/h9-10H,1-5,7-8H2. The third-order valence-electron chi connectivity index (χ3n) is 1.25. The molecule has 0 saturated heterocycles. The molecule has 0 fully saturated rings. The van der Waals surface area contributed by atoms with E-state index in [2.05, 4.69) is 25.3 Å². The van der Waals surface area contributed by atoms with E-state index >= 15 is 0 Å². The van der Waals surface area contributed by atoms with Crippen molar-refractivity contribution in [3.05, 3.63) is 0 Å². The number of hydrogen-bond donors (Lipinski definition) is 4. The van der Waals surface area contributed by atoms with Crippen molar-refractivity contribution < 1.29 is 0 Å². The van der Waals surface area contributed by atoms with Crippen molar-refractivity contribution in [3.63, 3.8) is 0 Å². The highest BCUT2D eigenvalue weighted by molar-refractivity contribution is 8.00. The van der Waals surface area contributed by atoms with Gasteiger partial charge in [-0.25, -0.2) is 0 Å². The summed E-state index contributed by atoms with van der Waals surface area (Å²) in [5.41, 5.74) is 10.8. The molecule has 0 saturated carbocycles. The molecule has 4 N–H and O–H groups in total. The SMILES string of the molecule is NCCCCCC(N)(S)S. The van der Waals surface area contributed by atoms with Gasteiger partial charge in [-0.3, -0.25) is 0 Å². The zero-order chi connectivity index (χ0) is 8.04. The average molecular weight is 180 g/mol. The quantitative estimate of drug-likeness (QED) is 0.290. The zero-order valence-electron chi connectivity index (χ0n) is 6.08. The monoisotopic (exact) mass is 180 g/mol. The highest BCUT2D eigenvalue weighted by Gasteiger charge is 2.10. The maximum absolute atomic E-state index is 5.51. The van der Waals surface area contributed by atoms with Gasteiger partial charge in [-0.2, -0.15) is 0 Å². The van der Waals surface area contributed by atoms with Crippen LogP contribution in [-0.2, 0) is 0 Å². The lowest BCUT2D eigenvalue weighted by Gasteiger charge is -2.15. The van der Waals surface area contributed by atoms with E-state index in [1.807, 2.05) is 0 Å². The number of nitrogens with two attached hydrogens (primary N) is 2. The second kappa shape index (κ2) is 5.29.